The molecule has 0 radical (unpaired) electrons. The minimum absolute atomic E-state index is 0.133. The van der Waals surface area contributed by atoms with Gasteiger partial charge in [-0.3, -0.25) is 9.78 Å². The standard InChI is InChI=1S/C19H25N3O2/c1-14(2)8-9-21-17-10-16(12-20-13-17)19(23)22-11-15-4-6-18(24-3)7-5-15/h4-7,10,12-14,21H,8-9,11H2,1-3H3,(H,22,23). The third-order valence-electron chi connectivity index (χ3n) is 3.66. The number of carbonyl (C=O) groups excluding carboxylic acids is 1. The van der Waals surface area contributed by atoms with Gasteiger partial charge in [0.1, 0.15) is 5.75 Å². The first-order chi connectivity index (χ1) is 11.6. The number of methoxy groups -OCH3 is 1. The van der Waals surface area contributed by atoms with Gasteiger partial charge in [0.15, 0.2) is 0 Å². The lowest BCUT2D eigenvalue weighted by Gasteiger charge is -2.10. The Morgan fingerprint density at radius 3 is 2.62 bits per heavy atom. The van der Waals surface area contributed by atoms with Crippen LogP contribution < -0.4 is 15.4 Å². The molecule has 0 fully saturated rings. The smallest absolute Gasteiger partial charge is 0.253 e. The molecule has 5 nitrogen and oxygen atoms in total. The Morgan fingerprint density at radius 2 is 1.96 bits per heavy atom. The summed E-state index contributed by atoms with van der Waals surface area (Å²) in [5, 5.41) is 6.21. The molecule has 0 saturated heterocycles. The third-order valence-corrected chi connectivity index (χ3v) is 3.66. The summed E-state index contributed by atoms with van der Waals surface area (Å²) in [7, 11) is 1.63. The largest absolute Gasteiger partial charge is 0.497 e. The molecule has 1 amide bonds. The number of pyridine rings is 1. The maximum atomic E-state index is 12.3. The SMILES string of the molecule is COc1ccc(CNC(=O)c2cncc(NCCC(C)C)c2)cc1. The highest BCUT2D eigenvalue weighted by Gasteiger charge is 2.07. The van der Waals surface area contributed by atoms with Gasteiger partial charge in [-0.05, 0) is 36.1 Å². The number of nitrogens with zero attached hydrogens (tertiary/aromatic N) is 1. The highest BCUT2D eigenvalue weighted by molar-refractivity contribution is 5.94. The average molecular weight is 327 g/mol. The van der Waals surface area contributed by atoms with E-state index in [9.17, 15) is 4.79 Å². The molecule has 24 heavy (non-hydrogen) atoms. The molecule has 0 saturated carbocycles. The van der Waals surface area contributed by atoms with Crippen molar-refractivity contribution in [2.75, 3.05) is 19.0 Å². The average Bonchev–Trinajstić information content (AvgIpc) is 2.60. The minimum Gasteiger partial charge on any atom is -0.497 e. The van der Waals surface area contributed by atoms with Crippen LogP contribution in [0.15, 0.2) is 42.7 Å². The van der Waals surface area contributed by atoms with Crippen LogP contribution in [0.25, 0.3) is 0 Å². The number of carbonyl (C=O) groups is 1. The van der Waals surface area contributed by atoms with E-state index in [1.807, 2.05) is 30.3 Å². The van der Waals surface area contributed by atoms with Crippen LogP contribution in [0.3, 0.4) is 0 Å². The van der Waals surface area contributed by atoms with E-state index < -0.39 is 0 Å². The van der Waals surface area contributed by atoms with Crippen molar-refractivity contribution in [3.8, 4) is 5.75 Å². The number of benzene rings is 1. The van der Waals surface area contributed by atoms with Crippen molar-refractivity contribution in [3.63, 3.8) is 0 Å². The van der Waals surface area contributed by atoms with Crippen LogP contribution in [0.1, 0.15) is 36.2 Å². The quantitative estimate of drug-likeness (QED) is 0.779. The zero-order valence-electron chi connectivity index (χ0n) is 14.5. The molecule has 0 atom stereocenters. The molecule has 128 valence electrons. The summed E-state index contributed by atoms with van der Waals surface area (Å²) in [4.78, 5) is 16.4. The molecular formula is C19H25N3O2. The Balaban J connectivity index is 1.89. The lowest BCUT2D eigenvalue weighted by Crippen LogP contribution is -2.23. The molecule has 0 aliphatic carbocycles. The van der Waals surface area contributed by atoms with Gasteiger partial charge in [-0.25, -0.2) is 0 Å². The van der Waals surface area contributed by atoms with E-state index in [0.717, 1.165) is 30.0 Å². The van der Waals surface area contributed by atoms with Gasteiger partial charge < -0.3 is 15.4 Å². The predicted octanol–water partition coefficient (Wildman–Crippen LogP) is 3.48. The van der Waals surface area contributed by atoms with E-state index in [4.69, 9.17) is 4.74 Å². The summed E-state index contributed by atoms with van der Waals surface area (Å²) in [5.74, 6) is 1.31. The number of rotatable bonds is 8. The summed E-state index contributed by atoms with van der Waals surface area (Å²) in [6.45, 7) is 5.70. The molecule has 2 N–H and O–H groups in total. The van der Waals surface area contributed by atoms with Gasteiger partial charge in [0.25, 0.3) is 5.91 Å². The highest BCUT2D eigenvalue weighted by Crippen LogP contribution is 2.12. The lowest BCUT2D eigenvalue weighted by atomic mass is 10.1. The van der Waals surface area contributed by atoms with Crippen molar-refractivity contribution in [2.24, 2.45) is 5.92 Å². The topological polar surface area (TPSA) is 63.2 Å². The first kappa shape index (κ1) is 17.8. The fraction of sp³-hybridized carbons (Fsp3) is 0.368. The van der Waals surface area contributed by atoms with Crippen LogP contribution in [-0.4, -0.2) is 24.5 Å². The van der Waals surface area contributed by atoms with Gasteiger partial charge >= 0.3 is 0 Å². The predicted molar refractivity (Wildman–Crippen MR) is 96.3 cm³/mol. The summed E-state index contributed by atoms with van der Waals surface area (Å²) in [5.41, 5.74) is 2.44. The Labute approximate surface area is 143 Å². The van der Waals surface area contributed by atoms with Crippen LogP contribution >= 0.6 is 0 Å². The molecule has 1 heterocycles. The first-order valence-corrected chi connectivity index (χ1v) is 8.18. The number of hydrogen-bond acceptors (Lipinski definition) is 4. The van der Waals surface area contributed by atoms with Crippen molar-refractivity contribution in [2.45, 2.75) is 26.8 Å². The Morgan fingerprint density at radius 1 is 1.21 bits per heavy atom. The van der Waals surface area contributed by atoms with Crippen molar-refractivity contribution in [3.05, 3.63) is 53.9 Å². The van der Waals surface area contributed by atoms with Gasteiger partial charge in [-0.1, -0.05) is 26.0 Å². The van der Waals surface area contributed by atoms with Crippen LogP contribution in [0.2, 0.25) is 0 Å². The number of nitrogens with one attached hydrogen (secondary N) is 2. The van der Waals surface area contributed by atoms with Gasteiger partial charge in [-0.15, -0.1) is 0 Å². The minimum atomic E-state index is -0.133. The number of anilines is 1. The monoisotopic (exact) mass is 327 g/mol. The number of hydrogen-bond donors (Lipinski definition) is 2. The molecule has 0 spiro atoms. The fourth-order valence-corrected chi connectivity index (χ4v) is 2.19. The number of aromatic nitrogens is 1. The summed E-state index contributed by atoms with van der Waals surface area (Å²) >= 11 is 0. The second-order valence-corrected chi connectivity index (χ2v) is 6.10. The Kier molecular flexibility index (Phi) is 6.61. The van der Waals surface area contributed by atoms with E-state index in [1.165, 1.54) is 0 Å². The van der Waals surface area contributed by atoms with Crippen molar-refractivity contribution >= 4 is 11.6 Å². The normalized spacial score (nSPS) is 10.5. The van der Waals surface area contributed by atoms with Crippen LogP contribution in [0, 0.1) is 5.92 Å². The first-order valence-electron chi connectivity index (χ1n) is 8.18. The van der Waals surface area contributed by atoms with Crippen molar-refractivity contribution in [1.82, 2.24) is 10.3 Å². The van der Waals surface area contributed by atoms with E-state index in [2.05, 4.69) is 29.5 Å². The highest BCUT2D eigenvalue weighted by atomic mass is 16.5. The van der Waals surface area contributed by atoms with E-state index >= 15 is 0 Å². The lowest BCUT2D eigenvalue weighted by molar-refractivity contribution is 0.0950. The zero-order chi connectivity index (χ0) is 17.4. The molecule has 5 heteroatoms. The van der Waals surface area contributed by atoms with Gasteiger partial charge in [0.05, 0.1) is 18.4 Å². The molecule has 0 bridgehead atoms. The molecular weight excluding hydrogens is 302 g/mol. The van der Waals surface area contributed by atoms with Gasteiger partial charge in [-0.2, -0.15) is 0 Å². The summed E-state index contributed by atoms with van der Waals surface area (Å²) < 4.78 is 5.12. The molecule has 1 aromatic heterocycles. The fourth-order valence-electron chi connectivity index (χ4n) is 2.19. The molecule has 0 aliphatic heterocycles. The van der Waals surface area contributed by atoms with E-state index in [1.54, 1.807) is 19.5 Å². The van der Waals surface area contributed by atoms with E-state index in [0.29, 0.717) is 18.0 Å². The molecule has 2 aromatic rings. The number of ether oxygens (including phenoxy) is 1. The summed E-state index contributed by atoms with van der Waals surface area (Å²) in [6, 6.07) is 9.45. The molecule has 0 unspecified atom stereocenters. The molecule has 1 aromatic carbocycles. The summed E-state index contributed by atoms with van der Waals surface area (Å²) in [6.07, 6.45) is 4.39. The molecule has 2 rings (SSSR count). The van der Waals surface area contributed by atoms with Gasteiger partial charge in [0.2, 0.25) is 0 Å². The second-order valence-electron chi connectivity index (χ2n) is 6.10. The Hall–Kier alpha value is -2.56. The maximum absolute atomic E-state index is 12.3. The second kappa shape index (κ2) is 8.91. The van der Waals surface area contributed by atoms with Crippen LogP contribution in [0.5, 0.6) is 5.75 Å². The van der Waals surface area contributed by atoms with Crippen LogP contribution in [-0.2, 0) is 6.54 Å². The zero-order valence-corrected chi connectivity index (χ0v) is 14.5. The van der Waals surface area contributed by atoms with Crippen LogP contribution in [0.4, 0.5) is 5.69 Å². The molecule has 0 aliphatic rings. The van der Waals surface area contributed by atoms with Crippen molar-refractivity contribution < 1.29 is 9.53 Å². The maximum Gasteiger partial charge on any atom is 0.253 e. The van der Waals surface area contributed by atoms with Crippen molar-refractivity contribution in [1.29, 1.82) is 0 Å². The third kappa shape index (κ3) is 5.57. The van der Waals surface area contributed by atoms with E-state index in [-0.39, 0.29) is 5.91 Å². The number of amides is 1. The van der Waals surface area contributed by atoms with Gasteiger partial charge in [0, 0.05) is 25.5 Å². The Bertz CT molecular complexity index is 654.